The molecular formula is C25H29N5O3. The zero-order valence-corrected chi connectivity index (χ0v) is 19.1. The number of amides is 2. The fourth-order valence-corrected chi connectivity index (χ4v) is 3.80. The quantitative estimate of drug-likeness (QED) is 0.564. The van der Waals surface area contributed by atoms with Crippen molar-refractivity contribution in [2.45, 2.75) is 50.7 Å². The number of H-pyrrole nitrogens is 1. The second kappa shape index (κ2) is 9.44. The minimum atomic E-state index is -0.790. The lowest BCUT2D eigenvalue weighted by Gasteiger charge is -2.34. The first kappa shape index (κ1) is 22.5. The van der Waals surface area contributed by atoms with Gasteiger partial charge in [0.2, 0.25) is 5.91 Å². The van der Waals surface area contributed by atoms with Gasteiger partial charge in [-0.15, -0.1) is 0 Å². The fourth-order valence-electron chi connectivity index (χ4n) is 3.80. The van der Waals surface area contributed by atoms with E-state index in [4.69, 9.17) is 4.74 Å². The minimum absolute atomic E-state index is 0.120. The summed E-state index contributed by atoms with van der Waals surface area (Å²) in [6, 6.07) is 17.2. The summed E-state index contributed by atoms with van der Waals surface area (Å²) in [5, 5.41) is 10.1. The predicted molar refractivity (Wildman–Crippen MR) is 125 cm³/mol. The zero-order chi connectivity index (χ0) is 23.4. The minimum Gasteiger partial charge on any atom is -0.446 e. The van der Waals surface area contributed by atoms with E-state index in [1.165, 1.54) is 0 Å². The van der Waals surface area contributed by atoms with E-state index in [0.717, 1.165) is 24.1 Å². The average molecular weight is 448 g/mol. The van der Waals surface area contributed by atoms with Gasteiger partial charge in [0, 0.05) is 37.5 Å². The number of pyridine rings is 1. The third-order valence-electron chi connectivity index (χ3n) is 6.09. The highest BCUT2D eigenvalue weighted by atomic mass is 16.6. The molecule has 8 heteroatoms. The largest absolute Gasteiger partial charge is 0.446 e. The van der Waals surface area contributed by atoms with E-state index in [1.807, 2.05) is 68.4 Å². The topological polar surface area (TPSA) is 100 Å². The second-order valence-corrected chi connectivity index (χ2v) is 9.02. The van der Waals surface area contributed by atoms with Crippen molar-refractivity contribution in [3.8, 4) is 0 Å². The molecule has 172 valence electrons. The van der Waals surface area contributed by atoms with Crippen LogP contribution < -0.4 is 5.32 Å². The van der Waals surface area contributed by atoms with Gasteiger partial charge in [-0.25, -0.2) is 4.79 Å². The highest BCUT2D eigenvalue weighted by Gasteiger charge is 2.36. The molecule has 33 heavy (non-hydrogen) atoms. The monoisotopic (exact) mass is 447 g/mol. The molecule has 0 saturated heterocycles. The van der Waals surface area contributed by atoms with Gasteiger partial charge >= 0.3 is 6.09 Å². The maximum absolute atomic E-state index is 12.8. The van der Waals surface area contributed by atoms with Crippen LogP contribution in [0.5, 0.6) is 0 Å². The lowest BCUT2D eigenvalue weighted by molar-refractivity contribution is -0.120. The molecule has 2 amide bonds. The molecule has 0 atom stereocenters. The van der Waals surface area contributed by atoms with Crippen molar-refractivity contribution in [1.29, 1.82) is 0 Å². The van der Waals surface area contributed by atoms with E-state index in [-0.39, 0.29) is 24.0 Å². The molecule has 1 aromatic carbocycles. The smallest absolute Gasteiger partial charge is 0.410 e. The molecule has 0 bridgehead atoms. The Morgan fingerprint density at radius 3 is 2.58 bits per heavy atom. The van der Waals surface area contributed by atoms with Crippen molar-refractivity contribution in [1.82, 2.24) is 20.1 Å². The Hall–Kier alpha value is -3.68. The van der Waals surface area contributed by atoms with Gasteiger partial charge in [0.1, 0.15) is 6.10 Å². The van der Waals surface area contributed by atoms with Gasteiger partial charge in [-0.3, -0.25) is 14.9 Å². The van der Waals surface area contributed by atoms with Crippen LogP contribution >= 0.6 is 0 Å². The fraction of sp³-hybridized carbons (Fsp3) is 0.360. The lowest BCUT2D eigenvalue weighted by atomic mass is 9.80. The van der Waals surface area contributed by atoms with Gasteiger partial charge in [-0.2, -0.15) is 5.10 Å². The zero-order valence-electron chi connectivity index (χ0n) is 19.1. The molecule has 2 N–H and O–H groups in total. The number of nitrogens with zero attached hydrogens (tertiary/aromatic N) is 3. The average Bonchev–Trinajstić information content (AvgIpc) is 3.24. The standard InChI is InChI=1S/C25H29N5O3/c1-25(2,21-11-7-8-12-26-21)23(31)27-22-15-20(28-29-22)18-13-19(14-18)33-24(32)30(3)16-17-9-5-4-6-10-17/h4-12,15,18-19H,13-14,16H2,1-3H3,(H2,27,28,29,31)/t18-,19+. The van der Waals surface area contributed by atoms with Gasteiger partial charge in [0.05, 0.1) is 11.1 Å². The number of ether oxygens (including phenoxy) is 1. The first-order valence-corrected chi connectivity index (χ1v) is 11.1. The number of hydrogen-bond donors (Lipinski definition) is 2. The summed E-state index contributed by atoms with van der Waals surface area (Å²) in [6.07, 6.45) is 2.68. The van der Waals surface area contributed by atoms with Crippen molar-refractivity contribution in [3.05, 3.63) is 77.7 Å². The van der Waals surface area contributed by atoms with Crippen molar-refractivity contribution in [2.24, 2.45) is 0 Å². The van der Waals surface area contributed by atoms with Crippen molar-refractivity contribution < 1.29 is 14.3 Å². The molecule has 0 unspecified atom stereocenters. The molecule has 4 rings (SSSR count). The molecule has 0 aliphatic heterocycles. The maximum atomic E-state index is 12.8. The first-order chi connectivity index (χ1) is 15.8. The Morgan fingerprint density at radius 2 is 1.88 bits per heavy atom. The van der Waals surface area contributed by atoms with Gasteiger partial charge < -0.3 is 15.0 Å². The van der Waals surface area contributed by atoms with Crippen LogP contribution in [-0.2, 0) is 21.5 Å². The van der Waals surface area contributed by atoms with Gasteiger partial charge in [-0.1, -0.05) is 36.4 Å². The SMILES string of the molecule is CN(Cc1ccccc1)C(=O)O[C@H]1C[C@@H](c2cc(NC(=O)C(C)(C)c3ccccn3)n[nH]2)C1. The van der Waals surface area contributed by atoms with Crippen LogP contribution in [0.25, 0.3) is 0 Å². The molecule has 2 aromatic heterocycles. The van der Waals surface area contributed by atoms with Crippen LogP contribution in [-0.4, -0.2) is 45.2 Å². The number of carbonyl (C=O) groups is 2. The van der Waals surface area contributed by atoms with Gasteiger partial charge in [0.15, 0.2) is 5.82 Å². The van der Waals surface area contributed by atoms with E-state index in [1.54, 1.807) is 18.1 Å². The molecule has 1 saturated carbocycles. The number of anilines is 1. The number of nitrogens with one attached hydrogen (secondary N) is 2. The molecule has 2 heterocycles. The van der Waals surface area contributed by atoms with E-state index < -0.39 is 5.41 Å². The summed E-state index contributed by atoms with van der Waals surface area (Å²) in [5.74, 6) is 0.507. The predicted octanol–water partition coefficient (Wildman–Crippen LogP) is 4.24. The molecule has 8 nitrogen and oxygen atoms in total. The Bertz CT molecular complexity index is 1090. The molecule has 3 aromatic rings. The summed E-state index contributed by atoms with van der Waals surface area (Å²) >= 11 is 0. The van der Waals surface area contributed by atoms with Gasteiger partial charge in [0.25, 0.3) is 0 Å². The van der Waals surface area contributed by atoms with E-state index in [0.29, 0.717) is 18.1 Å². The summed E-state index contributed by atoms with van der Waals surface area (Å²) < 4.78 is 5.61. The van der Waals surface area contributed by atoms with Crippen LogP contribution in [0.4, 0.5) is 10.6 Å². The molecular weight excluding hydrogens is 418 g/mol. The lowest BCUT2D eigenvalue weighted by Crippen LogP contribution is -2.37. The van der Waals surface area contributed by atoms with Crippen LogP contribution in [0.15, 0.2) is 60.8 Å². The number of carbonyl (C=O) groups excluding carboxylic acids is 2. The van der Waals surface area contributed by atoms with E-state index in [9.17, 15) is 9.59 Å². The van der Waals surface area contributed by atoms with Crippen molar-refractivity contribution >= 4 is 17.8 Å². The van der Waals surface area contributed by atoms with E-state index >= 15 is 0 Å². The molecule has 1 fully saturated rings. The number of benzene rings is 1. The number of hydrogen-bond acceptors (Lipinski definition) is 5. The van der Waals surface area contributed by atoms with Crippen LogP contribution in [0.1, 0.15) is 49.6 Å². The Labute approximate surface area is 193 Å². The summed E-state index contributed by atoms with van der Waals surface area (Å²) in [4.78, 5) is 31.0. The van der Waals surface area contributed by atoms with Crippen LogP contribution in [0.3, 0.4) is 0 Å². The number of aromatic amines is 1. The Balaban J connectivity index is 1.26. The van der Waals surface area contributed by atoms with Gasteiger partial charge in [-0.05, 0) is 44.4 Å². The maximum Gasteiger partial charge on any atom is 0.410 e. The Morgan fingerprint density at radius 1 is 1.15 bits per heavy atom. The van der Waals surface area contributed by atoms with E-state index in [2.05, 4.69) is 20.5 Å². The highest BCUT2D eigenvalue weighted by molar-refractivity contribution is 5.97. The Kier molecular flexibility index (Phi) is 6.44. The molecule has 0 spiro atoms. The summed E-state index contributed by atoms with van der Waals surface area (Å²) in [5.41, 5.74) is 1.88. The summed E-state index contributed by atoms with van der Waals surface area (Å²) in [6.45, 7) is 4.17. The van der Waals surface area contributed by atoms with Crippen molar-refractivity contribution in [3.63, 3.8) is 0 Å². The number of aromatic nitrogens is 3. The third-order valence-corrected chi connectivity index (χ3v) is 6.09. The summed E-state index contributed by atoms with van der Waals surface area (Å²) in [7, 11) is 1.74. The second-order valence-electron chi connectivity index (χ2n) is 9.02. The molecule has 0 radical (unpaired) electrons. The van der Waals surface area contributed by atoms with Crippen LogP contribution in [0.2, 0.25) is 0 Å². The normalized spacial score (nSPS) is 17.7. The third kappa shape index (κ3) is 5.22. The van der Waals surface area contributed by atoms with Crippen LogP contribution in [0, 0.1) is 0 Å². The number of rotatable bonds is 7. The molecule has 1 aliphatic carbocycles. The molecule has 1 aliphatic rings. The first-order valence-electron chi connectivity index (χ1n) is 11.1. The highest BCUT2D eigenvalue weighted by Crippen LogP contribution is 2.39. The van der Waals surface area contributed by atoms with Crippen molar-refractivity contribution in [2.75, 3.05) is 12.4 Å².